The fourth-order valence-corrected chi connectivity index (χ4v) is 5.84. The molecule has 1 aromatic heterocycles. The predicted molar refractivity (Wildman–Crippen MR) is 137 cm³/mol. The quantitative estimate of drug-likeness (QED) is 0.257. The van der Waals surface area contributed by atoms with E-state index in [1.54, 1.807) is 38.0 Å². The van der Waals surface area contributed by atoms with Gasteiger partial charge in [0.05, 0.1) is 34.0 Å². The van der Waals surface area contributed by atoms with Gasteiger partial charge in [-0.05, 0) is 61.4 Å². The Morgan fingerprint density at radius 2 is 1.88 bits per heavy atom. The zero-order chi connectivity index (χ0) is 23.9. The molecule has 0 aliphatic carbocycles. The lowest BCUT2D eigenvalue weighted by Gasteiger charge is -2.23. The molecule has 0 spiro atoms. The molecule has 2 aromatic carbocycles. The Morgan fingerprint density at radius 3 is 2.56 bits per heavy atom. The smallest absolute Gasteiger partial charge is 0.228 e. The van der Waals surface area contributed by atoms with Crippen molar-refractivity contribution in [3.63, 3.8) is 0 Å². The molecular weight excluding hydrogens is 472 g/mol. The van der Waals surface area contributed by atoms with E-state index in [0.29, 0.717) is 29.4 Å². The minimum atomic E-state index is 0.0356. The number of aromatic nitrogens is 1. The monoisotopic (exact) mass is 502 g/mol. The molecule has 34 heavy (non-hydrogen) atoms. The number of rotatable bonds is 11. The van der Waals surface area contributed by atoms with Crippen LogP contribution in [0, 0.1) is 0 Å². The summed E-state index contributed by atoms with van der Waals surface area (Å²) in [5.74, 6) is 3.14. The van der Waals surface area contributed by atoms with Crippen LogP contribution in [-0.2, 0) is 9.53 Å². The van der Waals surface area contributed by atoms with Gasteiger partial charge in [-0.2, -0.15) is 0 Å². The number of nitrogens with zero attached hydrogens (tertiary/aromatic N) is 2. The van der Waals surface area contributed by atoms with Crippen LogP contribution >= 0.6 is 23.1 Å². The van der Waals surface area contributed by atoms with Crippen LogP contribution in [0.2, 0.25) is 0 Å². The molecule has 7 nitrogen and oxygen atoms in total. The van der Waals surface area contributed by atoms with Gasteiger partial charge in [-0.15, -0.1) is 11.8 Å². The van der Waals surface area contributed by atoms with Crippen molar-refractivity contribution in [2.24, 2.45) is 0 Å². The molecule has 1 amide bonds. The van der Waals surface area contributed by atoms with E-state index in [4.69, 9.17) is 23.9 Å². The number of benzene rings is 2. The molecule has 1 unspecified atom stereocenters. The van der Waals surface area contributed by atoms with Crippen LogP contribution in [0.3, 0.4) is 0 Å². The van der Waals surface area contributed by atoms with Gasteiger partial charge in [-0.25, -0.2) is 4.98 Å². The fraction of sp³-hybridized carbons (Fsp3) is 0.440. The summed E-state index contributed by atoms with van der Waals surface area (Å²) in [6.45, 7) is 1.25. The third-order valence-electron chi connectivity index (χ3n) is 5.70. The van der Waals surface area contributed by atoms with Gasteiger partial charge in [0.1, 0.15) is 27.5 Å². The molecule has 1 aliphatic rings. The summed E-state index contributed by atoms with van der Waals surface area (Å²) in [7, 11) is 4.92. The van der Waals surface area contributed by atoms with Gasteiger partial charge >= 0.3 is 0 Å². The summed E-state index contributed by atoms with van der Waals surface area (Å²) in [4.78, 5) is 21.1. The van der Waals surface area contributed by atoms with Crippen LogP contribution < -0.4 is 19.1 Å². The van der Waals surface area contributed by atoms with E-state index >= 15 is 0 Å². The van der Waals surface area contributed by atoms with E-state index in [-0.39, 0.29) is 12.0 Å². The molecule has 0 radical (unpaired) electrons. The second-order valence-corrected chi connectivity index (χ2v) is 10.1. The van der Waals surface area contributed by atoms with Gasteiger partial charge in [-0.1, -0.05) is 11.3 Å². The Hall–Kier alpha value is -2.49. The highest BCUT2D eigenvalue weighted by atomic mass is 32.2. The highest BCUT2D eigenvalue weighted by Gasteiger charge is 2.27. The van der Waals surface area contributed by atoms with Crippen molar-refractivity contribution >= 4 is 44.4 Å². The molecule has 0 N–H and O–H groups in total. The van der Waals surface area contributed by atoms with Crippen molar-refractivity contribution in [1.29, 1.82) is 0 Å². The average molecular weight is 503 g/mol. The lowest BCUT2D eigenvalue weighted by Crippen LogP contribution is -2.37. The second-order valence-electron chi connectivity index (χ2n) is 7.91. The largest absolute Gasteiger partial charge is 0.497 e. The molecule has 1 saturated heterocycles. The average Bonchev–Trinajstić information content (AvgIpc) is 3.55. The Labute approximate surface area is 208 Å². The molecular formula is C25H30N2O5S2. The van der Waals surface area contributed by atoms with Crippen LogP contribution in [0.5, 0.6) is 17.2 Å². The van der Waals surface area contributed by atoms with Gasteiger partial charge in [0.2, 0.25) is 5.91 Å². The van der Waals surface area contributed by atoms with Crippen LogP contribution in [0.1, 0.15) is 25.7 Å². The van der Waals surface area contributed by atoms with E-state index < -0.39 is 0 Å². The first-order valence-corrected chi connectivity index (χ1v) is 13.1. The van der Waals surface area contributed by atoms with Gasteiger partial charge < -0.3 is 18.9 Å². The highest BCUT2D eigenvalue weighted by molar-refractivity contribution is 7.99. The number of hydrogen-bond donors (Lipinski definition) is 0. The van der Waals surface area contributed by atoms with Crippen LogP contribution in [0.25, 0.3) is 10.2 Å². The zero-order valence-corrected chi connectivity index (χ0v) is 21.4. The van der Waals surface area contributed by atoms with Gasteiger partial charge in [-0.3, -0.25) is 9.69 Å². The van der Waals surface area contributed by atoms with E-state index in [2.05, 4.69) is 0 Å². The molecule has 0 saturated carbocycles. The van der Waals surface area contributed by atoms with Crippen molar-refractivity contribution in [3.8, 4) is 17.2 Å². The van der Waals surface area contributed by atoms with Crippen molar-refractivity contribution in [2.45, 2.75) is 36.7 Å². The SMILES string of the molecule is COc1ccc(SCCCC(=O)N(CC2CCCO2)c2nc3c(OC)ccc(OC)c3s2)cc1. The zero-order valence-electron chi connectivity index (χ0n) is 19.7. The Morgan fingerprint density at radius 1 is 1.12 bits per heavy atom. The summed E-state index contributed by atoms with van der Waals surface area (Å²) in [6, 6.07) is 11.7. The maximum Gasteiger partial charge on any atom is 0.228 e. The van der Waals surface area contributed by atoms with Crippen molar-refractivity contribution in [1.82, 2.24) is 4.98 Å². The number of methoxy groups -OCH3 is 3. The molecule has 4 rings (SSSR count). The molecule has 1 atom stereocenters. The summed E-state index contributed by atoms with van der Waals surface area (Å²) in [5, 5.41) is 0.654. The molecule has 3 aromatic rings. The Balaban J connectivity index is 1.47. The predicted octanol–water partition coefficient (Wildman–Crippen LogP) is 5.41. The number of fused-ring (bicyclic) bond motifs is 1. The Bertz CT molecular complexity index is 1060. The lowest BCUT2D eigenvalue weighted by molar-refractivity contribution is -0.119. The summed E-state index contributed by atoms with van der Waals surface area (Å²) >= 11 is 3.19. The minimum absolute atomic E-state index is 0.0356. The molecule has 0 bridgehead atoms. The summed E-state index contributed by atoms with van der Waals surface area (Å²) in [6.07, 6.45) is 3.23. The van der Waals surface area contributed by atoms with E-state index in [0.717, 1.165) is 52.7 Å². The maximum absolute atomic E-state index is 13.4. The minimum Gasteiger partial charge on any atom is -0.497 e. The first-order valence-electron chi connectivity index (χ1n) is 11.3. The van der Waals surface area contributed by atoms with E-state index in [1.807, 2.05) is 36.4 Å². The van der Waals surface area contributed by atoms with Gasteiger partial charge in [0.15, 0.2) is 5.13 Å². The number of thiazole rings is 1. The molecule has 9 heteroatoms. The number of carbonyl (C=O) groups excluding carboxylic acids is 1. The lowest BCUT2D eigenvalue weighted by atomic mass is 10.2. The third-order valence-corrected chi connectivity index (χ3v) is 7.90. The number of amides is 1. The molecule has 1 fully saturated rings. The Kier molecular flexibility index (Phi) is 8.53. The number of thioether (sulfide) groups is 1. The molecule has 182 valence electrons. The number of hydrogen-bond acceptors (Lipinski definition) is 8. The van der Waals surface area contributed by atoms with E-state index in [9.17, 15) is 4.79 Å². The van der Waals surface area contributed by atoms with E-state index in [1.165, 1.54) is 11.3 Å². The molecule has 2 heterocycles. The number of carbonyl (C=O) groups is 1. The number of ether oxygens (including phenoxy) is 4. The normalized spacial score (nSPS) is 15.4. The van der Waals surface area contributed by atoms with Crippen molar-refractivity contribution in [3.05, 3.63) is 36.4 Å². The summed E-state index contributed by atoms with van der Waals surface area (Å²) < 4.78 is 22.9. The maximum atomic E-state index is 13.4. The third kappa shape index (κ3) is 5.76. The van der Waals surface area contributed by atoms with Crippen LogP contribution in [0.15, 0.2) is 41.3 Å². The van der Waals surface area contributed by atoms with Crippen LogP contribution in [-0.4, -0.2) is 57.2 Å². The first kappa shape index (κ1) is 24.6. The summed E-state index contributed by atoms with van der Waals surface area (Å²) in [5.41, 5.74) is 0.710. The standard InChI is InChI=1S/C25H30N2O5S2/c1-29-17-8-10-19(11-9-17)33-15-5-7-22(28)27(16-18-6-4-14-32-18)25-26-23-20(30-2)12-13-21(31-3)24(23)34-25/h8-13,18H,4-7,14-16H2,1-3H3. The first-order chi connectivity index (χ1) is 16.6. The highest BCUT2D eigenvalue weighted by Crippen LogP contribution is 2.40. The van der Waals surface area contributed by atoms with Crippen molar-refractivity contribution < 1.29 is 23.7 Å². The topological polar surface area (TPSA) is 70.1 Å². The fourth-order valence-electron chi connectivity index (χ4n) is 3.89. The number of anilines is 1. The van der Waals surface area contributed by atoms with Gasteiger partial charge in [0.25, 0.3) is 0 Å². The van der Waals surface area contributed by atoms with Gasteiger partial charge in [0, 0.05) is 17.9 Å². The second kappa shape index (κ2) is 11.8. The van der Waals surface area contributed by atoms with Crippen molar-refractivity contribution in [2.75, 3.05) is 45.1 Å². The van der Waals surface area contributed by atoms with Crippen LogP contribution in [0.4, 0.5) is 5.13 Å². The molecule has 1 aliphatic heterocycles.